The number of rotatable bonds is 3. The summed E-state index contributed by atoms with van der Waals surface area (Å²) >= 11 is 0. The van der Waals surface area contributed by atoms with Crippen molar-refractivity contribution in [2.45, 2.75) is 71.2 Å². The molecule has 2 unspecified atom stereocenters. The minimum Gasteiger partial charge on any atom is -0.444 e. The molecule has 150 valence electrons. The van der Waals surface area contributed by atoms with Crippen LogP contribution >= 0.6 is 0 Å². The number of ether oxygens (including phenoxy) is 2. The van der Waals surface area contributed by atoms with Crippen LogP contribution in [0.15, 0.2) is 0 Å². The van der Waals surface area contributed by atoms with Gasteiger partial charge in [-0.2, -0.15) is 0 Å². The largest absolute Gasteiger partial charge is 0.444 e. The Bertz CT molecular complexity index is 538. The Morgan fingerprint density at radius 3 is 2.08 bits per heavy atom. The highest BCUT2D eigenvalue weighted by molar-refractivity contribution is 5.93. The molecule has 9 heteroatoms. The Morgan fingerprint density at radius 1 is 1.12 bits per heavy atom. The van der Waals surface area contributed by atoms with E-state index in [0.29, 0.717) is 0 Å². The summed E-state index contributed by atoms with van der Waals surface area (Å²) in [4.78, 5) is 39.4. The molecule has 1 saturated heterocycles. The molecule has 1 rings (SSSR count). The zero-order valence-corrected chi connectivity index (χ0v) is 16.4. The predicted octanol–water partition coefficient (Wildman–Crippen LogP) is 1.08. The lowest BCUT2D eigenvalue weighted by Crippen LogP contribution is -2.50. The number of aliphatic hydroxyl groups excluding tert-OH is 1. The number of nitrogens with two attached hydrogens (primary N) is 1. The van der Waals surface area contributed by atoms with Crippen LogP contribution in [0.4, 0.5) is 9.59 Å². The lowest BCUT2D eigenvalue weighted by Gasteiger charge is -2.30. The monoisotopic (exact) mass is 373 g/mol. The van der Waals surface area contributed by atoms with E-state index in [-0.39, 0.29) is 26.1 Å². The molecular formula is C17H31N3O6. The van der Waals surface area contributed by atoms with Gasteiger partial charge >= 0.3 is 12.2 Å². The van der Waals surface area contributed by atoms with Crippen molar-refractivity contribution >= 4 is 18.1 Å². The van der Waals surface area contributed by atoms with Gasteiger partial charge in [0.2, 0.25) is 5.91 Å². The molecule has 1 aliphatic heterocycles. The third-order valence-electron chi connectivity index (χ3n) is 3.63. The Kier molecular flexibility index (Phi) is 7.01. The smallest absolute Gasteiger partial charge is 0.417 e. The lowest BCUT2D eigenvalue weighted by atomic mass is 10.1. The summed E-state index contributed by atoms with van der Waals surface area (Å²) < 4.78 is 10.6. The standard InChI is InChI=1S/C17H31N3O6/c1-16(2,3)25-14(23)19-9-11(7-12(19)10-21)20(13(22)8-18)15(24)26-17(4,5)6/h11-12,21H,7-10,18H2,1-6H3. The van der Waals surface area contributed by atoms with Crippen molar-refractivity contribution < 1.29 is 29.0 Å². The van der Waals surface area contributed by atoms with Gasteiger partial charge < -0.3 is 25.2 Å². The van der Waals surface area contributed by atoms with Gasteiger partial charge in [-0.15, -0.1) is 0 Å². The van der Waals surface area contributed by atoms with Crippen molar-refractivity contribution in [3.05, 3.63) is 0 Å². The van der Waals surface area contributed by atoms with E-state index in [0.717, 1.165) is 4.90 Å². The molecule has 1 heterocycles. The Morgan fingerprint density at radius 2 is 1.65 bits per heavy atom. The Balaban J connectivity index is 3.01. The van der Waals surface area contributed by atoms with Gasteiger partial charge in [-0.1, -0.05) is 0 Å². The fourth-order valence-corrected chi connectivity index (χ4v) is 2.66. The molecule has 26 heavy (non-hydrogen) atoms. The van der Waals surface area contributed by atoms with E-state index in [2.05, 4.69) is 0 Å². The van der Waals surface area contributed by atoms with E-state index < -0.39 is 41.4 Å². The van der Waals surface area contributed by atoms with Gasteiger partial charge in [0.1, 0.15) is 11.2 Å². The van der Waals surface area contributed by atoms with E-state index in [1.807, 2.05) is 0 Å². The number of imide groups is 1. The van der Waals surface area contributed by atoms with Crippen molar-refractivity contribution in [3.8, 4) is 0 Å². The van der Waals surface area contributed by atoms with E-state index in [1.54, 1.807) is 41.5 Å². The first kappa shape index (κ1) is 22.2. The molecule has 0 spiro atoms. The molecule has 2 atom stereocenters. The number of nitrogens with zero attached hydrogens (tertiary/aromatic N) is 2. The zero-order chi connectivity index (χ0) is 20.3. The van der Waals surface area contributed by atoms with E-state index >= 15 is 0 Å². The number of amides is 3. The second-order valence-electron chi connectivity index (χ2n) is 8.31. The molecule has 9 nitrogen and oxygen atoms in total. The molecule has 3 N–H and O–H groups in total. The SMILES string of the molecule is CC(C)(C)OC(=O)N1CC(N(C(=O)CN)C(=O)OC(C)(C)C)CC1CO. The summed E-state index contributed by atoms with van der Waals surface area (Å²) in [6, 6.07) is -1.21. The van der Waals surface area contributed by atoms with Crippen LogP contribution < -0.4 is 5.73 Å². The molecular weight excluding hydrogens is 342 g/mol. The van der Waals surface area contributed by atoms with Gasteiger partial charge in [-0.05, 0) is 48.0 Å². The third kappa shape index (κ3) is 6.14. The first-order valence-corrected chi connectivity index (χ1v) is 8.64. The molecule has 3 amide bonds. The average molecular weight is 373 g/mol. The molecule has 0 radical (unpaired) electrons. The molecule has 0 aromatic rings. The van der Waals surface area contributed by atoms with Crippen molar-refractivity contribution in [1.29, 1.82) is 0 Å². The van der Waals surface area contributed by atoms with Crippen molar-refractivity contribution in [2.75, 3.05) is 19.7 Å². The number of likely N-dealkylation sites (tertiary alicyclic amines) is 1. The first-order chi connectivity index (χ1) is 11.8. The van der Waals surface area contributed by atoms with E-state index in [1.165, 1.54) is 4.90 Å². The van der Waals surface area contributed by atoms with Crippen molar-refractivity contribution in [1.82, 2.24) is 9.80 Å². The topological polar surface area (TPSA) is 122 Å². The Labute approximate surface area is 154 Å². The normalized spacial score (nSPS) is 20.7. The van der Waals surface area contributed by atoms with Crippen LogP contribution in [-0.2, 0) is 14.3 Å². The molecule has 0 aromatic carbocycles. The number of hydrogen-bond donors (Lipinski definition) is 2. The minimum absolute atomic E-state index is 0.0467. The summed E-state index contributed by atoms with van der Waals surface area (Å²) in [5.74, 6) is -0.605. The lowest BCUT2D eigenvalue weighted by molar-refractivity contribution is -0.130. The fraction of sp³-hybridized carbons (Fsp3) is 0.824. The highest BCUT2D eigenvalue weighted by atomic mass is 16.6. The van der Waals surface area contributed by atoms with Crippen LogP contribution in [0, 0.1) is 0 Å². The van der Waals surface area contributed by atoms with E-state index in [4.69, 9.17) is 15.2 Å². The van der Waals surface area contributed by atoms with E-state index in [9.17, 15) is 19.5 Å². The number of carbonyl (C=O) groups excluding carboxylic acids is 3. The van der Waals surface area contributed by atoms with Crippen LogP contribution in [0.2, 0.25) is 0 Å². The van der Waals surface area contributed by atoms with Crippen molar-refractivity contribution in [3.63, 3.8) is 0 Å². The zero-order valence-electron chi connectivity index (χ0n) is 16.4. The first-order valence-electron chi connectivity index (χ1n) is 8.64. The number of carbonyl (C=O) groups is 3. The quantitative estimate of drug-likeness (QED) is 0.759. The van der Waals surface area contributed by atoms with Crippen molar-refractivity contribution in [2.24, 2.45) is 5.73 Å². The maximum atomic E-state index is 12.5. The van der Waals surface area contributed by atoms with Crippen LogP contribution in [0.1, 0.15) is 48.0 Å². The van der Waals surface area contributed by atoms with Crippen LogP contribution in [0.5, 0.6) is 0 Å². The molecule has 0 aliphatic carbocycles. The van der Waals surface area contributed by atoms with Gasteiger partial charge in [-0.25, -0.2) is 14.5 Å². The maximum Gasteiger partial charge on any atom is 0.417 e. The molecule has 0 bridgehead atoms. The summed E-state index contributed by atoms with van der Waals surface area (Å²) in [7, 11) is 0. The van der Waals surface area contributed by atoms with Gasteiger partial charge in [0.25, 0.3) is 0 Å². The summed E-state index contributed by atoms with van der Waals surface area (Å²) in [5, 5.41) is 9.61. The summed E-state index contributed by atoms with van der Waals surface area (Å²) in [5.41, 5.74) is 3.94. The average Bonchev–Trinajstić information content (AvgIpc) is 2.87. The van der Waals surface area contributed by atoms with Gasteiger partial charge in [0, 0.05) is 6.54 Å². The van der Waals surface area contributed by atoms with Crippen LogP contribution in [-0.4, -0.2) is 76.0 Å². The second-order valence-corrected chi connectivity index (χ2v) is 8.31. The predicted molar refractivity (Wildman–Crippen MR) is 94.4 cm³/mol. The van der Waals surface area contributed by atoms with Gasteiger partial charge in [-0.3, -0.25) is 4.79 Å². The second kappa shape index (κ2) is 8.22. The maximum absolute atomic E-state index is 12.5. The molecule has 0 aromatic heterocycles. The fourth-order valence-electron chi connectivity index (χ4n) is 2.66. The summed E-state index contributed by atoms with van der Waals surface area (Å²) in [6.07, 6.45) is -1.20. The molecule has 1 fully saturated rings. The van der Waals surface area contributed by atoms with Crippen LogP contribution in [0.3, 0.4) is 0 Å². The highest BCUT2D eigenvalue weighted by Crippen LogP contribution is 2.26. The van der Waals surface area contributed by atoms with Gasteiger partial charge in [0.05, 0.1) is 25.2 Å². The minimum atomic E-state index is -0.819. The molecule has 1 aliphatic rings. The Hall–Kier alpha value is -1.87. The molecule has 0 saturated carbocycles. The van der Waals surface area contributed by atoms with Crippen LogP contribution in [0.25, 0.3) is 0 Å². The third-order valence-corrected chi connectivity index (χ3v) is 3.63. The summed E-state index contributed by atoms with van der Waals surface area (Å²) in [6.45, 7) is 9.63. The number of hydrogen-bond acceptors (Lipinski definition) is 7. The highest BCUT2D eigenvalue weighted by Gasteiger charge is 2.43. The van der Waals surface area contributed by atoms with Gasteiger partial charge in [0.15, 0.2) is 0 Å². The number of aliphatic hydroxyl groups is 1.